The van der Waals surface area contributed by atoms with Crippen LogP contribution >= 0.6 is 0 Å². The molecule has 1 saturated heterocycles. The molecule has 5 nitrogen and oxygen atoms in total. The summed E-state index contributed by atoms with van der Waals surface area (Å²) < 4.78 is 5.17. The monoisotopic (exact) mass is 291 g/mol. The van der Waals surface area contributed by atoms with Crippen molar-refractivity contribution in [3.05, 3.63) is 24.3 Å². The summed E-state index contributed by atoms with van der Waals surface area (Å²) in [5.74, 6) is 0.912. The van der Waals surface area contributed by atoms with E-state index in [0.717, 1.165) is 31.9 Å². The smallest absolute Gasteiger partial charge is 0.227 e. The number of nitrogens with zero attached hydrogens (tertiary/aromatic N) is 2. The lowest BCUT2D eigenvalue weighted by atomic mass is 10.0. The van der Waals surface area contributed by atoms with Crippen molar-refractivity contribution in [1.82, 2.24) is 4.90 Å². The number of carbonyl (C=O) groups excluding carboxylic acids is 1. The SMILES string of the molecule is COc1ccc(N2CCN(C(=O)C(C)C(C)N)CC2)cc1. The van der Waals surface area contributed by atoms with Gasteiger partial charge in [-0.1, -0.05) is 6.92 Å². The number of anilines is 1. The first kappa shape index (κ1) is 15.6. The van der Waals surface area contributed by atoms with Crippen molar-refractivity contribution in [2.75, 3.05) is 38.2 Å². The molecule has 0 aromatic heterocycles. The van der Waals surface area contributed by atoms with Gasteiger partial charge < -0.3 is 20.3 Å². The maximum absolute atomic E-state index is 12.3. The van der Waals surface area contributed by atoms with Gasteiger partial charge in [-0.15, -0.1) is 0 Å². The first-order valence-corrected chi connectivity index (χ1v) is 7.46. The highest BCUT2D eigenvalue weighted by atomic mass is 16.5. The minimum atomic E-state index is -0.113. The third-order valence-electron chi connectivity index (χ3n) is 4.21. The Morgan fingerprint density at radius 3 is 2.19 bits per heavy atom. The molecule has 0 spiro atoms. The second-order valence-electron chi connectivity index (χ2n) is 5.66. The number of hydrogen-bond donors (Lipinski definition) is 1. The summed E-state index contributed by atoms with van der Waals surface area (Å²) in [4.78, 5) is 16.5. The number of ether oxygens (including phenoxy) is 1. The van der Waals surface area contributed by atoms with Crippen molar-refractivity contribution in [3.8, 4) is 5.75 Å². The number of rotatable bonds is 4. The normalized spacial score (nSPS) is 18.3. The van der Waals surface area contributed by atoms with Gasteiger partial charge >= 0.3 is 0 Å². The molecule has 1 aromatic rings. The van der Waals surface area contributed by atoms with Gasteiger partial charge in [0, 0.05) is 37.9 Å². The second-order valence-corrected chi connectivity index (χ2v) is 5.66. The van der Waals surface area contributed by atoms with Crippen molar-refractivity contribution in [2.45, 2.75) is 19.9 Å². The van der Waals surface area contributed by atoms with Crippen LogP contribution in [0.25, 0.3) is 0 Å². The highest BCUT2D eigenvalue weighted by Gasteiger charge is 2.26. The van der Waals surface area contributed by atoms with Crippen molar-refractivity contribution in [1.29, 1.82) is 0 Å². The molecular weight excluding hydrogens is 266 g/mol. The van der Waals surface area contributed by atoms with E-state index >= 15 is 0 Å². The lowest BCUT2D eigenvalue weighted by Gasteiger charge is -2.37. The molecule has 0 saturated carbocycles. The highest BCUT2D eigenvalue weighted by Crippen LogP contribution is 2.21. The van der Waals surface area contributed by atoms with Crippen LogP contribution in [0.2, 0.25) is 0 Å². The van der Waals surface area contributed by atoms with Gasteiger partial charge in [-0.3, -0.25) is 4.79 Å². The summed E-state index contributed by atoms with van der Waals surface area (Å²) in [5, 5.41) is 0. The molecular formula is C16H25N3O2. The first-order valence-electron chi connectivity index (χ1n) is 7.46. The Hall–Kier alpha value is -1.75. The molecule has 1 aliphatic heterocycles. The molecule has 0 aliphatic carbocycles. The Balaban J connectivity index is 1.92. The molecule has 2 N–H and O–H groups in total. The number of nitrogens with two attached hydrogens (primary N) is 1. The Kier molecular flexibility index (Phi) is 5.07. The zero-order valence-corrected chi connectivity index (χ0v) is 13.1. The minimum Gasteiger partial charge on any atom is -0.497 e. The molecule has 0 radical (unpaired) electrons. The standard InChI is InChI=1S/C16H25N3O2/c1-12(13(2)17)16(20)19-10-8-18(9-11-19)14-4-6-15(21-3)7-5-14/h4-7,12-13H,8-11,17H2,1-3H3. The van der Waals surface area contributed by atoms with Crippen LogP contribution in [0, 0.1) is 5.92 Å². The average Bonchev–Trinajstić information content (AvgIpc) is 2.53. The molecule has 21 heavy (non-hydrogen) atoms. The third kappa shape index (κ3) is 3.67. The zero-order chi connectivity index (χ0) is 15.4. The zero-order valence-electron chi connectivity index (χ0n) is 13.1. The van der Waals surface area contributed by atoms with Crippen LogP contribution in [-0.2, 0) is 4.79 Å². The van der Waals surface area contributed by atoms with Crippen molar-refractivity contribution >= 4 is 11.6 Å². The molecule has 1 aromatic carbocycles. The van der Waals surface area contributed by atoms with Crippen LogP contribution in [-0.4, -0.2) is 50.1 Å². The van der Waals surface area contributed by atoms with E-state index in [0.29, 0.717) is 0 Å². The molecule has 116 valence electrons. The number of carbonyl (C=O) groups is 1. The van der Waals surface area contributed by atoms with Crippen LogP contribution in [0.5, 0.6) is 5.75 Å². The fourth-order valence-electron chi connectivity index (χ4n) is 2.49. The molecule has 2 rings (SSSR count). The minimum absolute atomic E-state index is 0.0999. The Bertz CT molecular complexity index is 465. The molecule has 2 atom stereocenters. The van der Waals surface area contributed by atoms with Gasteiger partial charge in [-0.25, -0.2) is 0 Å². The molecule has 1 amide bonds. The van der Waals surface area contributed by atoms with Crippen molar-refractivity contribution in [3.63, 3.8) is 0 Å². The Morgan fingerprint density at radius 1 is 1.14 bits per heavy atom. The van der Waals surface area contributed by atoms with Gasteiger partial charge in [0.25, 0.3) is 0 Å². The number of methoxy groups -OCH3 is 1. The number of hydrogen-bond acceptors (Lipinski definition) is 4. The number of benzene rings is 1. The van der Waals surface area contributed by atoms with Gasteiger partial charge in [-0.05, 0) is 31.2 Å². The van der Waals surface area contributed by atoms with Crippen LogP contribution in [0.3, 0.4) is 0 Å². The Morgan fingerprint density at radius 2 is 1.71 bits per heavy atom. The maximum atomic E-state index is 12.3. The van der Waals surface area contributed by atoms with Gasteiger partial charge in [0.15, 0.2) is 0 Å². The Labute approximate surface area is 126 Å². The summed E-state index contributed by atoms with van der Waals surface area (Å²) in [7, 11) is 1.67. The van der Waals surface area contributed by atoms with E-state index in [1.54, 1.807) is 7.11 Å². The molecule has 2 unspecified atom stereocenters. The molecule has 1 aliphatic rings. The van der Waals surface area contributed by atoms with E-state index in [1.165, 1.54) is 5.69 Å². The lowest BCUT2D eigenvalue weighted by Crippen LogP contribution is -2.52. The van der Waals surface area contributed by atoms with Gasteiger partial charge in [0.2, 0.25) is 5.91 Å². The predicted molar refractivity (Wildman–Crippen MR) is 84.6 cm³/mol. The quantitative estimate of drug-likeness (QED) is 0.909. The summed E-state index contributed by atoms with van der Waals surface area (Å²) >= 11 is 0. The predicted octanol–water partition coefficient (Wildman–Crippen LogP) is 1.33. The van der Waals surface area contributed by atoms with Gasteiger partial charge in [0.1, 0.15) is 5.75 Å². The fraction of sp³-hybridized carbons (Fsp3) is 0.562. The highest BCUT2D eigenvalue weighted by molar-refractivity contribution is 5.79. The average molecular weight is 291 g/mol. The van der Waals surface area contributed by atoms with E-state index in [1.807, 2.05) is 30.9 Å². The number of piperazine rings is 1. The van der Waals surface area contributed by atoms with Crippen molar-refractivity contribution < 1.29 is 9.53 Å². The van der Waals surface area contributed by atoms with Crippen LogP contribution in [0.4, 0.5) is 5.69 Å². The van der Waals surface area contributed by atoms with E-state index in [9.17, 15) is 4.79 Å². The maximum Gasteiger partial charge on any atom is 0.227 e. The number of amides is 1. The van der Waals surface area contributed by atoms with Crippen molar-refractivity contribution in [2.24, 2.45) is 11.7 Å². The summed E-state index contributed by atoms with van der Waals surface area (Å²) in [6, 6.07) is 7.94. The van der Waals surface area contributed by atoms with Crippen LogP contribution in [0.1, 0.15) is 13.8 Å². The van der Waals surface area contributed by atoms with E-state index in [4.69, 9.17) is 10.5 Å². The van der Waals surface area contributed by atoms with E-state index in [-0.39, 0.29) is 17.9 Å². The third-order valence-corrected chi connectivity index (χ3v) is 4.21. The first-order chi connectivity index (χ1) is 10.0. The lowest BCUT2D eigenvalue weighted by molar-refractivity contribution is -0.135. The molecule has 0 bridgehead atoms. The van der Waals surface area contributed by atoms with E-state index < -0.39 is 0 Å². The van der Waals surface area contributed by atoms with Gasteiger partial charge in [-0.2, -0.15) is 0 Å². The second kappa shape index (κ2) is 6.80. The topological polar surface area (TPSA) is 58.8 Å². The molecule has 1 heterocycles. The fourth-order valence-corrected chi connectivity index (χ4v) is 2.49. The van der Waals surface area contributed by atoms with Gasteiger partial charge in [0.05, 0.1) is 13.0 Å². The summed E-state index contributed by atoms with van der Waals surface area (Å²) in [6.45, 7) is 7.00. The summed E-state index contributed by atoms with van der Waals surface area (Å²) in [6.07, 6.45) is 0. The van der Waals surface area contributed by atoms with Crippen LogP contribution < -0.4 is 15.4 Å². The summed E-state index contributed by atoms with van der Waals surface area (Å²) in [5.41, 5.74) is 6.99. The van der Waals surface area contributed by atoms with Crippen LogP contribution in [0.15, 0.2) is 24.3 Å². The largest absolute Gasteiger partial charge is 0.497 e. The molecule has 5 heteroatoms. The molecule has 1 fully saturated rings. The van der Waals surface area contributed by atoms with E-state index in [2.05, 4.69) is 17.0 Å².